The lowest BCUT2D eigenvalue weighted by molar-refractivity contribution is -0.112. The van der Waals surface area contributed by atoms with Gasteiger partial charge in [0.05, 0.1) is 0 Å². The number of hydrogen-bond donors (Lipinski definition) is 0. The number of allylic oxidation sites excluding steroid dienone is 2. The summed E-state index contributed by atoms with van der Waals surface area (Å²) < 4.78 is 1.27. The van der Waals surface area contributed by atoms with Crippen molar-refractivity contribution in [3.05, 3.63) is 41.3 Å². The van der Waals surface area contributed by atoms with Crippen LogP contribution in [0.3, 0.4) is 0 Å². The number of hydrogen-bond acceptors (Lipinski definition) is 2. The zero-order valence-corrected chi connectivity index (χ0v) is 9.60. The van der Waals surface area contributed by atoms with E-state index in [-0.39, 0.29) is 5.78 Å². The molecule has 1 heterocycles. The molecule has 0 aliphatic rings. The Morgan fingerprint density at radius 2 is 2.00 bits per heavy atom. The van der Waals surface area contributed by atoms with Crippen LogP contribution in [0.5, 0.6) is 0 Å². The second-order valence-electron chi connectivity index (χ2n) is 3.59. The van der Waals surface area contributed by atoms with Crippen LogP contribution in [0.2, 0.25) is 0 Å². The molecule has 0 saturated carbocycles. The number of benzene rings is 1. The fourth-order valence-electron chi connectivity index (χ4n) is 1.55. The zero-order chi connectivity index (χ0) is 10.8. The summed E-state index contributed by atoms with van der Waals surface area (Å²) >= 11 is 1.73. The monoisotopic (exact) mass is 216 g/mol. The number of carbonyl (C=O) groups excluding carboxylic acids is 1. The normalized spacial score (nSPS) is 12.0. The van der Waals surface area contributed by atoms with Crippen molar-refractivity contribution in [1.82, 2.24) is 0 Å². The third-order valence-corrected chi connectivity index (χ3v) is 3.49. The average Bonchev–Trinajstić information content (AvgIpc) is 2.59. The van der Waals surface area contributed by atoms with E-state index in [1.807, 2.05) is 19.1 Å². The Morgan fingerprint density at radius 1 is 1.27 bits per heavy atom. The quantitative estimate of drug-likeness (QED) is 0.696. The molecule has 0 fully saturated rings. The predicted octanol–water partition coefficient (Wildman–Crippen LogP) is 3.89. The molecule has 0 N–H and O–H groups in total. The van der Waals surface area contributed by atoms with Crippen LogP contribution in [-0.4, -0.2) is 5.78 Å². The SMILES string of the molecule is CC(=O)/C=C(/C)c1cc2ccccc2s1. The number of thiophene rings is 1. The molecular weight excluding hydrogens is 204 g/mol. The smallest absolute Gasteiger partial charge is 0.152 e. The molecule has 1 nitrogen and oxygen atoms in total. The van der Waals surface area contributed by atoms with Crippen molar-refractivity contribution in [3.8, 4) is 0 Å². The molecule has 0 amide bonds. The maximum Gasteiger partial charge on any atom is 0.152 e. The van der Waals surface area contributed by atoms with E-state index >= 15 is 0 Å². The lowest BCUT2D eigenvalue weighted by Gasteiger charge is -1.92. The van der Waals surface area contributed by atoms with Gasteiger partial charge in [0.1, 0.15) is 0 Å². The van der Waals surface area contributed by atoms with Crippen molar-refractivity contribution in [1.29, 1.82) is 0 Å². The lowest BCUT2D eigenvalue weighted by Crippen LogP contribution is -1.82. The first-order chi connectivity index (χ1) is 7.16. The molecule has 76 valence electrons. The molecule has 2 aromatic rings. The van der Waals surface area contributed by atoms with Crippen LogP contribution in [0.25, 0.3) is 15.7 Å². The Labute approximate surface area is 93.1 Å². The first kappa shape index (κ1) is 10.1. The van der Waals surface area contributed by atoms with Crippen molar-refractivity contribution in [3.63, 3.8) is 0 Å². The van der Waals surface area contributed by atoms with Gasteiger partial charge in [0.2, 0.25) is 0 Å². The molecule has 2 heteroatoms. The number of fused-ring (bicyclic) bond motifs is 1. The highest BCUT2D eigenvalue weighted by molar-refractivity contribution is 7.20. The summed E-state index contributed by atoms with van der Waals surface area (Å²) in [4.78, 5) is 12.1. The Morgan fingerprint density at radius 3 is 2.67 bits per heavy atom. The van der Waals surface area contributed by atoms with E-state index in [2.05, 4.69) is 18.2 Å². The second-order valence-corrected chi connectivity index (χ2v) is 4.67. The van der Waals surface area contributed by atoms with Gasteiger partial charge in [0.15, 0.2) is 5.78 Å². The van der Waals surface area contributed by atoms with E-state index in [1.165, 1.54) is 15.0 Å². The number of carbonyl (C=O) groups is 1. The Bertz CT molecular complexity index is 501. The van der Waals surface area contributed by atoms with E-state index in [4.69, 9.17) is 0 Å². The van der Waals surface area contributed by atoms with Gasteiger partial charge in [-0.15, -0.1) is 11.3 Å². The van der Waals surface area contributed by atoms with Gasteiger partial charge in [-0.1, -0.05) is 18.2 Å². The first-order valence-corrected chi connectivity index (χ1v) is 5.66. The Hall–Kier alpha value is -1.41. The first-order valence-electron chi connectivity index (χ1n) is 4.84. The fraction of sp³-hybridized carbons (Fsp3) is 0.154. The van der Waals surface area contributed by atoms with Crippen molar-refractivity contribution >= 4 is 32.8 Å². The van der Waals surface area contributed by atoms with Crippen LogP contribution in [0.15, 0.2) is 36.4 Å². The Kier molecular flexibility index (Phi) is 2.69. The molecule has 0 radical (unpaired) electrons. The molecule has 2 rings (SSSR count). The minimum atomic E-state index is 0.102. The molecule has 0 atom stereocenters. The van der Waals surface area contributed by atoms with Crippen LogP contribution < -0.4 is 0 Å². The summed E-state index contributed by atoms with van der Waals surface area (Å²) in [7, 11) is 0. The van der Waals surface area contributed by atoms with Crippen LogP contribution in [0.1, 0.15) is 18.7 Å². The van der Waals surface area contributed by atoms with E-state index in [1.54, 1.807) is 24.3 Å². The van der Waals surface area contributed by atoms with Gasteiger partial charge in [-0.3, -0.25) is 4.79 Å². The second kappa shape index (κ2) is 3.99. The van der Waals surface area contributed by atoms with Crippen molar-refractivity contribution < 1.29 is 4.79 Å². The molecule has 0 saturated heterocycles. The summed E-state index contributed by atoms with van der Waals surface area (Å²) in [5.41, 5.74) is 1.05. The topological polar surface area (TPSA) is 17.1 Å². The maximum absolute atomic E-state index is 11.0. The van der Waals surface area contributed by atoms with E-state index < -0.39 is 0 Å². The van der Waals surface area contributed by atoms with Gasteiger partial charge in [0.25, 0.3) is 0 Å². The van der Waals surface area contributed by atoms with Crippen LogP contribution in [-0.2, 0) is 4.79 Å². The van der Waals surface area contributed by atoms with Gasteiger partial charge in [-0.05, 0) is 43.0 Å². The molecule has 1 aromatic carbocycles. The van der Waals surface area contributed by atoms with Gasteiger partial charge in [0, 0.05) is 9.58 Å². The van der Waals surface area contributed by atoms with Crippen molar-refractivity contribution in [2.45, 2.75) is 13.8 Å². The highest BCUT2D eigenvalue weighted by Crippen LogP contribution is 2.29. The van der Waals surface area contributed by atoms with E-state index in [9.17, 15) is 4.79 Å². The highest BCUT2D eigenvalue weighted by Gasteiger charge is 2.02. The third-order valence-electron chi connectivity index (χ3n) is 2.23. The standard InChI is InChI=1S/C13H12OS/c1-9(7-10(2)14)13-8-11-5-3-4-6-12(11)15-13/h3-8H,1-2H3/b9-7-. The summed E-state index contributed by atoms with van der Waals surface area (Å²) in [5, 5.41) is 1.24. The minimum absolute atomic E-state index is 0.102. The molecule has 0 unspecified atom stereocenters. The molecule has 1 aromatic heterocycles. The van der Waals surface area contributed by atoms with Gasteiger partial charge in [-0.25, -0.2) is 0 Å². The third kappa shape index (κ3) is 2.16. The van der Waals surface area contributed by atoms with Crippen molar-refractivity contribution in [2.24, 2.45) is 0 Å². The molecule has 0 aliphatic heterocycles. The summed E-state index contributed by atoms with van der Waals surface area (Å²) in [6.45, 7) is 3.56. The number of ketones is 1. The molecule has 0 spiro atoms. The molecule has 0 bridgehead atoms. The van der Waals surface area contributed by atoms with Crippen molar-refractivity contribution in [2.75, 3.05) is 0 Å². The van der Waals surface area contributed by atoms with Gasteiger partial charge >= 0.3 is 0 Å². The van der Waals surface area contributed by atoms with Gasteiger partial charge in [-0.2, -0.15) is 0 Å². The maximum atomic E-state index is 11.0. The molecular formula is C13H12OS. The van der Waals surface area contributed by atoms with Crippen LogP contribution in [0, 0.1) is 0 Å². The lowest BCUT2D eigenvalue weighted by atomic mass is 10.2. The van der Waals surface area contributed by atoms with Crippen LogP contribution in [0.4, 0.5) is 0 Å². The minimum Gasteiger partial charge on any atom is -0.295 e. The fourth-order valence-corrected chi connectivity index (χ4v) is 2.59. The summed E-state index contributed by atoms with van der Waals surface area (Å²) in [6.07, 6.45) is 1.69. The largest absolute Gasteiger partial charge is 0.295 e. The van der Waals surface area contributed by atoms with Crippen LogP contribution >= 0.6 is 11.3 Å². The summed E-state index contributed by atoms with van der Waals surface area (Å²) in [5.74, 6) is 0.102. The molecule has 15 heavy (non-hydrogen) atoms. The molecule has 0 aliphatic carbocycles. The number of rotatable bonds is 2. The average molecular weight is 216 g/mol. The zero-order valence-electron chi connectivity index (χ0n) is 8.78. The highest BCUT2D eigenvalue weighted by atomic mass is 32.1. The van der Waals surface area contributed by atoms with Gasteiger partial charge < -0.3 is 0 Å². The summed E-state index contributed by atoms with van der Waals surface area (Å²) in [6, 6.07) is 10.4. The predicted molar refractivity (Wildman–Crippen MR) is 66.2 cm³/mol. The van der Waals surface area contributed by atoms with E-state index in [0.29, 0.717) is 0 Å². The Balaban J connectivity index is 2.49. The van der Waals surface area contributed by atoms with E-state index in [0.717, 1.165) is 5.57 Å².